The minimum Gasteiger partial charge on any atom is -0.494 e. The lowest BCUT2D eigenvalue weighted by Gasteiger charge is -2.18. The standard InChI is InChI=1S/C21H21F3N2O4/c1-2-29-16-9-7-15(8-10-16)26-12-14(11-19(26)27)20(28)25-17-5-3-4-6-18(17)30-13-21(22,23)24/h3-10,14H,2,11-13H2,1H3,(H,25,28). The molecule has 1 saturated heterocycles. The molecule has 0 bridgehead atoms. The molecule has 1 aliphatic rings. The third kappa shape index (κ3) is 5.43. The second kappa shape index (κ2) is 9.06. The molecule has 2 amide bonds. The summed E-state index contributed by atoms with van der Waals surface area (Å²) >= 11 is 0. The highest BCUT2D eigenvalue weighted by Crippen LogP contribution is 2.30. The van der Waals surface area contributed by atoms with Crippen LogP contribution in [0.25, 0.3) is 0 Å². The summed E-state index contributed by atoms with van der Waals surface area (Å²) < 4.78 is 47.5. The van der Waals surface area contributed by atoms with E-state index in [1.807, 2.05) is 6.92 Å². The van der Waals surface area contributed by atoms with Crippen molar-refractivity contribution in [2.45, 2.75) is 19.5 Å². The molecule has 9 heteroatoms. The number of anilines is 2. The minimum absolute atomic E-state index is 0.00458. The van der Waals surface area contributed by atoms with E-state index >= 15 is 0 Å². The highest BCUT2D eigenvalue weighted by Gasteiger charge is 2.35. The molecule has 1 N–H and O–H groups in total. The molecule has 0 aromatic heterocycles. The van der Waals surface area contributed by atoms with E-state index in [2.05, 4.69) is 5.32 Å². The van der Waals surface area contributed by atoms with E-state index in [0.29, 0.717) is 18.0 Å². The normalized spacial score (nSPS) is 16.5. The van der Waals surface area contributed by atoms with E-state index in [1.54, 1.807) is 30.3 Å². The van der Waals surface area contributed by atoms with Crippen LogP contribution in [0.3, 0.4) is 0 Å². The van der Waals surface area contributed by atoms with E-state index in [1.165, 1.54) is 23.1 Å². The van der Waals surface area contributed by atoms with Crippen LogP contribution < -0.4 is 19.7 Å². The summed E-state index contributed by atoms with van der Waals surface area (Å²) in [7, 11) is 0. The Morgan fingerprint density at radius 3 is 2.50 bits per heavy atom. The van der Waals surface area contributed by atoms with Gasteiger partial charge in [0.2, 0.25) is 11.8 Å². The molecule has 1 fully saturated rings. The number of carbonyl (C=O) groups excluding carboxylic acids is 2. The number of rotatable bonds is 7. The number of hydrogen-bond donors (Lipinski definition) is 1. The van der Waals surface area contributed by atoms with Gasteiger partial charge >= 0.3 is 6.18 Å². The molecule has 2 aromatic carbocycles. The zero-order valence-corrected chi connectivity index (χ0v) is 16.2. The first-order valence-corrected chi connectivity index (χ1v) is 9.39. The fourth-order valence-corrected chi connectivity index (χ4v) is 3.11. The van der Waals surface area contributed by atoms with Gasteiger partial charge in [-0.1, -0.05) is 12.1 Å². The SMILES string of the molecule is CCOc1ccc(N2CC(C(=O)Nc3ccccc3OCC(F)(F)F)CC2=O)cc1. The number of nitrogens with zero attached hydrogens (tertiary/aromatic N) is 1. The molecule has 30 heavy (non-hydrogen) atoms. The van der Waals surface area contributed by atoms with Crippen molar-refractivity contribution < 1.29 is 32.2 Å². The van der Waals surface area contributed by atoms with E-state index in [9.17, 15) is 22.8 Å². The van der Waals surface area contributed by atoms with Crippen molar-refractivity contribution in [3.63, 3.8) is 0 Å². The lowest BCUT2D eigenvalue weighted by molar-refractivity contribution is -0.153. The van der Waals surface area contributed by atoms with Gasteiger partial charge in [0.25, 0.3) is 0 Å². The maximum Gasteiger partial charge on any atom is 0.422 e. The molecule has 1 unspecified atom stereocenters. The fourth-order valence-electron chi connectivity index (χ4n) is 3.11. The Kier molecular flexibility index (Phi) is 6.49. The first-order valence-electron chi connectivity index (χ1n) is 9.39. The zero-order valence-electron chi connectivity index (χ0n) is 16.2. The first-order chi connectivity index (χ1) is 14.3. The Hall–Kier alpha value is -3.23. The second-order valence-corrected chi connectivity index (χ2v) is 6.72. The molecule has 1 atom stereocenters. The van der Waals surface area contributed by atoms with Crippen molar-refractivity contribution in [1.29, 1.82) is 0 Å². The van der Waals surface area contributed by atoms with Crippen molar-refractivity contribution in [2.24, 2.45) is 5.92 Å². The number of alkyl halides is 3. The van der Waals surface area contributed by atoms with Crippen LogP contribution in [-0.4, -0.2) is 37.7 Å². The largest absolute Gasteiger partial charge is 0.494 e. The number of carbonyl (C=O) groups is 2. The predicted octanol–water partition coefficient (Wildman–Crippen LogP) is 4.02. The van der Waals surface area contributed by atoms with Gasteiger partial charge in [-0.3, -0.25) is 9.59 Å². The van der Waals surface area contributed by atoms with Crippen LogP contribution in [0, 0.1) is 5.92 Å². The maximum atomic E-state index is 12.6. The lowest BCUT2D eigenvalue weighted by atomic mass is 10.1. The van der Waals surface area contributed by atoms with Gasteiger partial charge in [0, 0.05) is 18.7 Å². The molecule has 2 aromatic rings. The van der Waals surface area contributed by atoms with E-state index in [-0.39, 0.29) is 30.3 Å². The quantitative estimate of drug-likeness (QED) is 0.732. The summed E-state index contributed by atoms with van der Waals surface area (Å²) in [6, 6.07) is 12.8. The van der Waals surface area contributed by atoms with Crippen molar-refractivity contribution in [3.05, 3.63) is 48.5 Å². The molecule has 1 heterocycles. The Morgan fingerprint density at radius 1 is 1.13 bits per heavy atom. The zero-order chi connectivity index (χ0) is 21.7. The molecule has 0 aliphatic carbocycles. The van der Waals surface area contributed by atoms with Crippen LogP contribution in [0.15, 0.2) is 48.5 Å². The van der Waals surface area contributed by atoms with Crippen LogP contribution in [-0.2, 0) is 9.59 Å². The smallest absolute Gasteiger partial charge is 0.422 e. The lowest BCUT2D eigenvalue weighted by Crippen LogP contribution is -2.28. The van der Waals surface area contributed by atoms with Crippen LogP contribution in [0.1, 0.15) is 13.3 Å². The molecule has 160 valence electrons. The third-order valence-corrected chi connectivity index (χ3v) is 4.49. The van der Waals surface area contributed by atoms with Gasteiger partial charge in [0.1, 0.15) is 11.5 Å². The predicted molar refractivity (Wildman–Crippen MR) is 105 cm³/mol. The van der Waals surface area contributed by atoms with Gasteiger partial charge in [-0.15, -0.1) is 0 Å². The van der Waals surface area contributed by atoms with Crippen molar-refractivity contribution in [2.75, 3.05) is 30.0 Å². The van der Waals surface area contributed by atoms with Gasteiger partial charge in [0.05, 0.1) is 18.2 Å². The summed E-state index contributed by atoms with van der Waals surface area (Å²) in [6.45, 7) is 1.10. The molecule has 0 radical (unpaired) electrons. The number of hydrogen-bond acceptors (Lipinski definition) is 4. The summed E-state index contributed by atoms with van der Waals surface area (Å²) in [5, 5.41) is 2.58. The topological polar surface area (TPSA) is 67.9 Å². The van der Waals surface area contributed by atoms with Gasteiger partial charge in [-0.2, -0.15) is 13.2 Å². The Balaban J connectivity index is 1.65. The molecule has 3 rings (SSSR count). The highest BCUT2D eigenvalue weighted by atomic mass is 19.4. The van der Waals surface area contributed by atoms with Crippen LogP contribution in [0.4, 0.5) is 24.5 Å². The van der Waals surface area contributed by atoms with Crippen LogP contribution in [0.5, 0.6) is 11.5 Å². The van der Waals surface area contributed by atoms with Gasteiger partial charge in [-0.05, 0) is 43.3 Å². The molecular weight excluding hydrogens is 401 g/mol. The van der Waals surface area contributed by atoms with Gasteiger partial charge < -0.3 is 19.7 Å². The molecular formula is C21H21F3N2O4. The molecule has 6 nitrogen and oxygen atoms in total. The number of para-hydroxylation sites is 2. The number of halogens is 3. The number of nitrogens with one attached hydrogen (secondary N) is 1. The highest BCUT2D eigenvalue weighted by molar-refractivity contribution is 6.03. The van der Waals surface area contributed by atoms with E-state index < -0.39 is 24.6 Å². The Labute approximate surface area is 171 Å². The van der Waals surface area contributed by atoms with Gasteiger partial charge in [-0.25, -0.2) is 0 Å². The summed E-state index contributed by atoms with van der Waals surface area (Å²) in [5.74, 6) is -0.714. The van der Waals surface area contributed by atoms with Crippen molar-refractivity contribution in [3.8, 4) is 11.5 Å². The minimum atomic E-state index is -4.49. The van der Waals surface area contributed by atoms with Crippen molar-refractivity contribution >= 4 is 23.2 Å². The molecule has 0 spiro atoms. The van der Waals surface area contributed by atoms with E-state index in [4.69, 9.17) is 9.47 Å². The molecule has 1 aliphatic heterocycles. The third-order valence-electron chi connectivity index (χ3n) is 4.49. The first kappa shape index (κ1) is 21.5. The van der Waals surface area contributed by atoms with Gasteiger partial charge in [0.15, 0.2) is 6.61 Å². The maximum absolute atomic E-state index is 12.6. The monoisotopic (exact) mass is 422 g/mol. The van der Waals surface area contributed by atoms with Crippen molar-refractivity contribution in [1.82, 2.24) is 0 Å². The van der Waals surface area contributed by atoms with Crippen LogP contribution in [0.2, 0.25) is 0 Å². The molecule has 0 saturated carbocycles. The number of amides is 2. The van der Waals surface area contributed by atoms with E-state index in [0.717, 1.165) is 0 Å². The van der Waals surface area contributed by atoms with Crippen LogP contribution >= 0.6 is 0 Å². The average Bonchev–Trinajstić information content (AvgIpc) is 3.09. The fraction of sp³-hybridized carbons (Fsp3) is 0.333. The number of ether oxygens (including phenoxy) is 2. The summed E-state index contributed by atoms with van der Waals surface area (Å²) in [5.41, 5.74) is 0.770. The Bertz CT molecular complexity index is 900. The number of benzene rings is 2. The Morgan fingerprint density at radius 2 is 1.83 bits per heavy atom. The average molecular weight is 422 g/mol. The summed E-state index contributed by atoms with van der Waals surface area (Å²) in [4.78, 5) is 26.5. The summed E-state index contributed by atoms with van der Waals surface area (Å²) in [6.07, 6.45) is -4.49. The second-order valence-electron chi connectivity index (χ2n) is 6.72.